The zero-order chi connectivity index (χ0) is 17.2. The van der Waals surface area contributed by atoms with Crippen LogP contribution in [0.1, 0.15) is 39.2 Å². The first-order valence-corrected chi connectivity index (χ1v) is 8.38. The second-order valence-corrected chi connectivity index (χ2v) is 4.95. The molecule has 0 bridgehead atoms. The number of benzene rings is 1. The van der Waals surface area contributed by atoms with Crippen LogP contribution < -0.4 is 5.73 Å². The minimum atomic E-state index is -1.10. The zero-order valence-corrected chi connectivity index (χ0v) is 14.8. The Bertz CT molecular complexity index is 311. The predicted octanol–water partition coefficient (Wildman–Crippen LogP) is 2.41. The largest absolute Gasteiger partial charge is 0.451 e. The molecule has 0 atom stereocenters. The Hall–Kier alpha value is -0.875. The highest BCUT2D eigenvalue weighted by molar-refractivity contribution is 6.40. The van der Waals surface area contributed by atoms with Crippen molar-refractivity contribution in [2.45, 2.75) is 46.4 Å². The van der Waals surface area contributed by atoms with Crippen LogP contribution in [0.3, 0.4) is 0 Å². The molecule has 0 radical (unpaired) electrons. The van der Waals surface area contributed by atoms with Crippen molar-refractivity contribution >= 4 is 7.12 Å². The van der Waals surface area contributed by atoms with E-state index in [0.29, 0.717) is 6.32 Å². The van der Waals surface area contributed by atoms with Crippen LogP contribution in [0.5, 0.6) is 0 Å². The molecule has 0 spiro atoms. The number of hydrogen-bond donors (Lipinski definition) is 3. The molecule has 0 unspecified atom stereocenters. The fourth-order valence-corrected chi connectivity index (χ4v) is 1.68. The van der Waals surface area contributed by atoms with E-state index < -0.39 is 7.12 Å². The summed E-state index contributed by atoms with van der Waals surface area (Å²) in [5, 5.41) is 16.5. The average Bonchev–Trinajstić information content (AvgIpc) is 2.55. The van der Waals surface area contributed by atoms with E-state index in [1.807, 2.05) is 26.8 Å². The molecule has 0 aliphatic heterocycles. The van der Waals surface area contributed by atoms with Gasteiger partial charge in [0.15, 0.2) is 0 Å². The first-order chi connectivity index (χ1) is 10.6. The van der Waals surface area contributed by atoms with Crippen molar-refractivity contribution in [1.29, 1.82) is 0 Å². The lowest BCUT2D eigenvalue weighted by atomic mass is 9.84. The molecule has 0 fully saturated rings. The third-order valence-corrected chi connectivity index (χ3v) is 2.95. The Morgan fingerprint density at radius 3 is 2.09 bits per heavy atom. The van der Waals surface area contributed by atoms with Crippen LogP contribution in [0.15, 0.2) is 30.3 Å². The maximum absolute atomic E-state index is 8.24. The van der Waals surface area contributed by atoms with Gasteiger partial charge < -0.3 is 20.7 Å². The summed E-state index contributed by atoms with van der Waals surface area (Å²) in [5.41, 5.74) is 6.85. The highest BCUT2D eigenvalue weighted by Crippen LogP contribution is 1.99. The molecule has 0 heterocycles. The van der Waals surface area contributed by atoms with Crippen molar-refractivity contribution in [2.75, 3.05) is 26.7 Å². The predicted molar refractivity (Wildman–Crippen MR) is 98.0 cm³/mol. The molecule has 0 aliphatic rings. The third kappa shape index (κ3) is 17.2. The number of nitrogens with zero attached hydrogens (tertiary/aromatic N) is 1. The van der Waals surface area contributed by atoms with Crippen LogP contribution >= 0.6 is 0 Å². The van der Waals surface area contributed by atoms with Crippen LogP contribution in [-0.2, 0) is 6.42 Å². The number of likely N-dealkylation sites (N-methyl/N-ethyl adjacent to an activating group) is 1. The topological polar surface area (TPSA) is 69.7 Å². The molecule has 0 saturated heterocycles. The molecule has 0 aliphatic carbocycles. The van der Waals surface area contributed by atoms with E-state index >= 15 is 0 Å². The lowest BCUT2D eigenvalue weighted by molar-refractivity contribution is 0.348. The highest BCUT2D eigenvalue weighted by atomic mass is 16.4. The number of nitrogens with two attached hydrogens (primary N) is 1. The van der Waals surface area contributed by atoms with Crippen LogP contribution in [0, 0.1) is 0 Å². The van der Waals surface area contributed by atoms with Gasteiger partial charge in [-0.25, -0.2) is 0 Å². The van der Waals surface area contributed by atoms with E-state index in [4.69, 9.17) is 15.8 Å². The van der Waals surface area contributed by atoms with Crippen molar-refractivity contribution < 1.29 is 10.0 Å². The minimum Gasteiger partial charge on any atom is -0.427 e. The SMILES string of the molecule is CC.CCCCB(O)O.CN(CCN)CCc1ccccc1. The van der Waals surface area contributed by atoms with Gasteiger partial charge in [0.1, 0.15) is 0 Å². The van der Waals surface area contributed by atoms with E-state index in [9.17, 15) is 0 Å². The summed E-state index contributed by atoms with van der Waals surface area (Å²) < 4.78 is 0. The van der Waals surface area contributed by atoms with Gasteiger partial charge in [0.05, 0.1) is 0 Å². The second kappa shape index (κ2) is 18.2. The van der Waals surface area contributed by atoms with Gasteiger partial charge in [-0.2, -0.15) is 0 Å². The lowest BCUT2D eigenvalue weighted by Gasteiger charge is -2.14. The van der Waals surface area contributed by atoms with Crippen LogP contribution in [0.2, 0.25) is 6.32 Å². The smallest absolute Gasteiger partial charge is 0.427 e. The fraction of sp³-hybridized carbons (Fsp3) is 0.647. The van der Waals surface area contributed by atoms with Gasteiger partial charge in [-0.3, -0.25) is 0 Å². The van der Waals surface area contributed by atoms with Gasteiger partial charge in [0, 0.05) is 19.6 Å². The summed E-state index contributed by atoms with van der Waals surface area (Å²) in [6.45, 7) is 8.82. The summed E-state index contributed by atoms with van der Waals surface area (Å²) in [5.74, 6) is 0. The zero-order valence-electron chi connectivity index (χ0n) is 14.8. The first-order valence-electron chi connectivity index (χ1n) is 8.38. The van der Waals surface area contributed by atoms with Gasteiger partial charge in [-0.05, 0) is 25.4 Å². The maximum atomic E-state index is 8.24. The summed E-state index contributed by atoms with van der Waals surface area (Å²) >= 11 is 0. The molecule has 0 aromatic heterocycles. The van der Waals surface area contributed by atoms with Gasteiger partial charge in [-0.1, -0.05) is 63.9 Å². The van der Waals surface area contributed by atoms with Crippen molar-refractivity contribution in [2.24, 2.45) is 5.73 Å². The summed E-state index contributed by atoms with van der Waals surface area (Å²) in [6, 6.07) is 10.5. The van der Waals surface area contributed by atoms with E-state index in [1.165, 1.54) is 5.56 Å². The molecule has 22 heavy (non-hydrogen) atoms. The molecule has 0 amide bonds. The number of rotatable bonds is 8. The minimum absolute atomic E-state index is 0.510. The molecular weight excluding hydrogens is 275 g/mol. The summed E-state index contributed by atoms with van der Waals surface area (Å²) in [7, 11) is 1.01. The Morgan fingerprint density at radius 2 is 1.68 bits per heavy atom. The maximum Gasteiger partial charge on any atom is 0.451 e. The fourth-order valence-electron chi connectivity index (χ4n) is 1.68. The third-order valence-electron chi connectivity index (χ3n) is 2.95. The molecule has 5 heteroatoms. The quantitative estimate of drug-likeness (QED) is 0.645. The van der Waals surface area contributed by atoms with Gasteiger partial charge in [0.2, 0.25) is 0 Å². The Labute approximate surface area is 137 Å². The number of hydrogen-bond acceptors (Lipinski definition) is 4. The van der Waals surface area contributed by atoms with Crippen LogP contribution in [0.4, 0.5) is 0 Å². The lowest BCUT2D eigenvalue weighted by Crippen LogP contribution is -2.27. The molecule has 4 N–H and O–H groups in total. The van der Waals surface area contributed by atoms with Crippen molar-refractivity contribution in [3.63, 3.8) is 0 Å². The van der Waals surface area contributed by atoms with Crippen molar-refractivity contribution in [3.05, 3.63) is 35.9 Å². The van der Waals surface area contributed by atoms with Crippen molar-refractivity contribution in [3.8, 4) is 0 Å². The van der Waals surface area contributed by atoms with E-state index in [0.717, 1.165) is 38.9 Å². The molecular formula is C17H35BN2O2. The van der Waals surface area contributed by atoms with Crippen LogP contribution in [0.25, 0.3) is 0 Å². The van der Waals surface area contributed by atoms with E-state index in [-0.39, 0.29) is 0 Å². The summed E-state index contributed by atoms with van der Waals surface area (Å²) in [4.78, 5) is 2.26. The molecule has 1 rings (SSSR count). The normalized spacial score (nSPS) is 9.45. The van der Waals surface area contributed by atoms with Crippen LogP contribution in [-0.4, -0.2) is 48.7 Å². The highest BCUT2D eigenvalue weighted by Gasteiger charge is 2.02. The monoisotopic (exact) mass is 310 g/mol. The van der Waals surface area contributed by atoms with E-state index in [2.05, 4.69) is 36.2 Å². The van der Waals surface area contributed by atoms with Gasteiger partial charge in [-0.15, -0.1) is 0 Å². The average molecular weight is 310 g/mol. The molecule has 0 saturated carbocycles. The molecule has 128 valence electrons. The Kier molecular flexibility index (Phi) is 19.3. The van der Waals surface area contributed by atoms with Gasteiger partial charge >= 0.3 is 7.12 Å². The second-order valence-electron chi connectivity index (χ2n) is 4.95. The van der Waals surface area contributed by atoms with Gasteiger partial charge in [0.25, 0.3) is 0 Å². The summed E-state index contributed by atoms with van der Waals surface area (Å²) in [6.07, 6.45) is 3.54. The standard InChI is InChI=1S/C11H18N2.C4H11BO2.C2H6/c1-13(10-8-12)9-7-11-5-3-2-4-6-11;1-2-3-4-5(6)7;1-2/h2-6H,7-10,12H2,1H3;6-7H,2-4H2,1H3;1-2H3. The van der Waals surface area contributed by atoms with Crippen molar-refractivity contribution in [1.82, 2.24) is 4.90 Å². The molecule has 1 aromatic rings. The number of unbranched alkanes of at least 4 members (excludes halogenated alkanes) is 1. The Morgan fingerprint density at radius 1 is 1.09 bits per heavy atom. The molecule has 4 nitrogen and oxygen atoms in total. The Balaban J connectivity index is 0. The molecule has 1 aromatic carbocycles. The van der Waals surface area contributed by atoms with E-state index in [1.54, 1.807) is 0 Å². The first kappa shape index (κ1) is 23.4.